The van der Waals surface area contributed by atoms with Gasteiger partial charge in [-0.1, -0.05) is 17.7 Å². The summed E-state index contributed by atoms with van der Waals surface area (Å²) < 4.78 is 3.39. The number of fused-ring (bicyclic) bond motifs is 2. The second-order valence-corrected chi connectivity index (χ2v) is 6.82. The van der Waals surface area contributed by atoms with Crippen molar-refractivity contribution in [2.24, 2.45) is 7.05 Å². The standard InChI is InChI=1S/C18H19ClN6O/c1-5-25-9-12-13(22-25)7-6-10(15(12)19)11-8-20-16-14(11)17(26)24(4)18(21-16)23(2)3/h6-9,20H,5H2,1-4H3. The first-order valence-electron chi connectivity index (χ1n) is 8.33. The van der Waals surface area contributed by atoms with E-state index in [0.717, 1.165) is 28.6 Å². The van der Waals surface area contributed by atoms with Gasteiger partial charge in [-0.25, -0.2) is 0 Å². The third kappa shape index (κ3) is 2.31. The molecule has 3 aromatic heterocycles. The number of rotatable bonds is 3. The lowest BCUT2D eigenvalue weighted by Crippen LogP contribution is -2.26. The number of nitrogens with zero attached hydrogens (tertiary/aromatic N) is 5. The van der Waals surface area contributed by atoms with Crippen molar-refractivity contribution in [1.82, 2.24) is 24.3 Å². The van der Waals surface area contributed by atoms with Gasteiger partial charge in [0, 0.05) is 56.6 Å². The topological polar surface area (TPSA) is 71.7 Å². The summed E-state index contributed by atoms with van der Waals surface area (Å²) in [5, 5.41) is 6.47. The van der Waals surface area contributed by atoms with Crippen LogP contribution in [0.4, 0.5) is 5.95 Å². The van der Waals surface area contributed by atoms with Crippen molar-refractivity contribution in [2.45, 2.75) is 13.5 Å². The average molecular weight is 371 g/mol. The van der Waals surface area contributed by atoms with Crippen LogP contribution in [0.3, 0.4) is 0 Å². The number of benzene rings is 1. The fourth-order valence-corrected chi connectivity index (χ4v) is 3.55. The maximum absolute atomic E-state index is 13.0. The molecule has 3 heterocycles. The molecule has 0 fully saturated rings. The summed E-state index contributed by atoms with van der Waals surface area (Å²) in [6.45, 7) is 2.79. The van der Waals surface area contributed by atoms with Crippen molar-refractivity contribution in [1.29, 1.82) is 0 Å². The Kier molecular flexibility index (Phi) is 3.77. The largest absolute Gasteiger partial charge is 0.348 e. The molecule has 4 rings (SSSR count). The molecule has 0 unspecified atom stereocenters. The number of hydrogen-bond donors (Lipinski definition) is 1. The number of aromatic nitrogens is 5. The van der Waals surface area contributed by atoms with Crippen LogP contribution in [0.5, 0.6) is 0 Å². The Morgan fingerprint density at radius 1 is 1.27 bits per heavy atom. The molecule has 0 saturated heterocycles. The molecule has 134 valence electrons. The molecule has 0 aliphatic carbocycles. The first-order valence-corrected chi connectivity index (χ1v) is 8.71. The van der Waals surface area contributed by atoms with Gasteiger partial charge in [0.05, 0.1) is 15.9 Å². The van der Waals surface area contributed by atoms with Crippen molar-refractivity contribution in [3.63, 3.8) is 0 Å². The van der Waals surface area contributed by atoms with E-state index in [0.29, 0.717) is 22.0 Å². The molecular weight excluding hydrogens is 352 g/mol. The predicted molar refractivity (Wildman–Crippen MR) is 105 cm³/mol. The summed E-state index contributed by atoms with van der Waals surface area (Å²) in [6, 6.07) is 3.83. The van der Waals surface area contributed by atoms with E-state index in [1.807, 2.05) is 44.0 Å². The summed E-state index contributed by atoms with van der Waals surface area (Å²) in [6.07, 6.45) is 3.71. The summed E-state index contributed by atoms with van der Waals surface area (Å²) >= 11 is 6.67. The quantitative estimate of drug-likeness (QED) is 0.601. The van der Waals surface area contributed by atoms with Crippen molar-refractivity contribution in [3.8, 4) is 11.1 Å². The third-order valence-electron chi connectivity index (χ3n) is 4.57. The van der Waals surface area contributed by atoms with Crippen molar-refractivity contribution in [3.05, 3.63) is 39.9 Å². The average Bonchev–Trinajstić information content (AvgIpc) is 3.22. The van der Waals surface area contributed by atoms with Gasteiger partial charge in [0.1, 0.15) is 5.65 Å². The van der Waals surface area contributed by atoms with Gasteiger partial charge in [0.15, 0.2) is 0 Å². The monoisotopic (exact) mass is 370 g/mol. The lowest BCUT2D eigenvalue weighted by Gasteiger charge is -2.15. The van der Waals surface area contributed by atoms with Crippen molar-refractivity contribution in [2.75, 3.05) is 19.0 Å². The van der Waals surface area contributed by atoms with Crippen molar-refractivity contribution >= 4 is 39.5 Å². The van der Waals surface area contributed by atoms with Crippen LogP contribution in [-0.2, 0) is 13.6 Å². The molecule has 1 N–H and O–H groups in total. The van der Waals surface area contributed by atoms with Crippen LogP contribution >= 0.6 is 11.6 Å². The molecule has 0 spiro atoms. The highest BCUT2D eigenvalue weighted by Gasteiger charge is 2.19. The smallest absolute Gasteiger partial charge is 0.264 e. The highest BCUT2D eigenvalue weighted by atomic mass is 35.5. The Balaban J connectivity index is 2.01. The molecule has 0 aliphatic heterocycles. The molecule has 0 bridgehead atoms. The van der Waals surface area contributed by atoms with Gasteiger partial charge in [-0.15, -0.1) is 0 Å². The van der Waals surface area contributed by atoms with Crippen LogP contribution < -0.4 is 10.5 Å². The van der Waals surface area contributed by atoms with Gasteiger partial charge < -0.3 is 9.88 Å². The third-order valence-corrected chi connectivity index (χ3v) is 4.98. The van der Waals surface area contributed by atoms with Gasteiger partial charge >= 0.3 is 0 Å². The van der Waals surface area contributed by atoms with E-state index in [1.165, 1.54) is 0 Å². The van der Waals surface area contributed by atoms with Crippen LogP contribution in [0.25, 0.3) is 33.1 Å². The van der Waals surface area contributed by atoms with E-state index in [2.05, 4.69) is 15.1 Å². The molecule has 4 aromatic rings. The molecule has 26 heavy (non-hydrogen) atoms. The Labute approximate surface area is 154 Å². The van der Waals surface area contributed by atoms with Gasteiger partial charge in [-0.05, 0) is 13.0 Å². The number of aromatic amines is 1. The lowest BCUT2D eigenvalue weighted by atomic mass is 10.0. The molecule has 0 saturated carbocycles. The maximum atomic E-state index is 13.0. The van der Waals surface area contributed by atoms with E-state index >= 15 is 0 Å². The molecule has 1 aromatic carbocycles. The summed E-state index contributed by atoms with van der Waals surface area (Å²) in [5.74, 6) is 0.585. The molecule has 7 nitrogen and oxygen atoms in total. The number of H-pyrrole nitrogens is 1. The van der Waals surface area contributed by atoms with Crippen molar-refractivity contribution < 1.29 is 0 Å². The summed E-state index contributed by atoms with van der Waals surface area (Å²) in [5.41, 5.74) is 2.80. The Hall–Kier alpha value is -2.80. The summed E-state index contributed by atoms with van der Waals surface area (Å²) in [7, 11) is 5.43. The Morgan fingerprint density at radius 3 is 2.73 bits per heavy atom. The fraction of sp³-hybridized carbons (Fsp3) is 0.278. The van der Waals surface area contributed by atoms with Crippen LogP contribution in [0.2, 0.25) is 5.02 Å². The zero-order valence-corrected chi connectivity index (χ0v) is 15.8. The fourth-order valence-electron chi connectivity index (χ4n) is 3.24. The minimum absolute atomic E-state index is 0.115. The SMILES string of the molecule is CCn1cc2c(Cl)c(-c3c[nH]c4nc(N(C)C)n(C)c(=O)c34)ccc2n1. The summed E-state index contributed by atoms with van der Waals surface area (Å²) in [4.78, 5) is 22.4. The zero-order chi connectivity index (χ0) is 18.6. The number of halogens is 1. The van der Waals surface area contributed by atoms with Crippen LogP contribution in [0.15, 0.2) is 29.3 Å². The first kappa shape index (κ1) is 16.7. The number of aryl methyl sites for hydroxylation is 1. The molecule has 0 aliphatic rings. The molecule has 0 atom stereocenters. The lowest BCUT2D eigenvalue weighted by molar-refractivity contribution is 0.668. The normalized spacial score (nSPS) is 11.6. The van der Waals surface area contributed by atoms with Gasteiger partial charge in [-0.3, -0.25) is 14.0 Å². The van der Waals surface area contributed by atoms with Crippen LogP contribution in [-0.4, -0.2) is 38.4 Å². The predicted octanol–water partition coefficient (Wildman–Crippen LogP) is 3.02. The number of anilines is 1. The second-order valence-electron chi connectivity index (χ2n) is 6.44. The molecular formula is C18H19ClN6O. The Morgan fingerprint density at radius 2 is 2.04 bits per heavy atom. The van der Waals surface area contributed by atoms with E-state index < -0.39 is 0 Å². The molecule has 0 amide bonds. The zero-order valence-electron chi connectivity index (χ0n) is 15.0. The minimum atomic E-state index is -0.115. The Bertz CT molecular complexity index is 1200. The molecule has 0 radical (unpaired) electrons. The van der Waals surface area contributed by atoms with Gasteiger partial charge in [-0.2, -0.15) is 10.1 Å². The second kappa shape index (κ2) is 5.88. The highest BCUT2D eigenvalue weighted by molar-refractivity contribution is 6.38. The van der Waals surface area contributed by atoms with Crippen LogP contribution in [0.1, 0.15) is 6.92 Å². The molecule has 8 heteroatoms. The maximum Gasteiger partial charge on any atom is 0.264 e. The van der Waals surface area contributed by atoms with E-state index in [1.54, 1.807) is 22.7 Å². The van der Waals surface area contributed by atoms with E-state index in [9.17, 15) is 4.79 Å². The van der Waals surface area contributed by atoms with Gasteiger partial charge in [0.25, 0.3) is 5.56 Å². The highest BCUT2D eigenvalue weighted by Crippen LogP contribution is 2.36. The van der Waals surface area contributed by atoms with E-state index in [-0.39, 0.29) is 5.56 Å². The minimum Gasteiger partial charge on any atom is -0.348 e. The van der Waals surface area contributed by atoms with Gasteiger partial charge in [0.2, 0.25) is 5.95 Å². The van der Waals surface area contributed by atoms with Crippen LogP contribution in [0, 0.1) is 0 Å². The first-order chi connectivity index (χ1) is 12.4. The number of hydrogen-bond acceptors (Lipinski definition) is 4. The van der Waals surface area contributed by atoms with E-state index in [4.69, 9.17) is 11.6 Å². The number of nitrogens with one attached hydrogen (secondary N) is 1.